The van der Waals surface area contributed by atoms with Gasteiger partial charge in [-0.3, -0.25) is 14.4 Å². The number of methoxy groups -OCH3 is 2. The number of carbonyl (C=O) groups is 3. The van der Waals surface area contributed by atoms with Crippen LogP contribution in [0.25, 0.3) is 0 Å². The summed E-state index contributed by atoms with van der Waals surface area (Å²) in [5.74, 6) is 0.354. The summed E-state index contributed by atoms with van der Waals surface area (Å²) in [5.41, 5.74) is 0.00164. The predicted octanol–water partition coefficient (Wildman–Crippen LogP) is 3.74. The van der Waals surface area contributed by atoms with E-state index < -0.39 is 5.41 Å². The lowest BCUT2D eigenvalue weighted by Gasteiger charge is -2.35. The van der Waals surface area contributed by atoms with Crippen LogP contribution in [0.3, 0.4) is 0 Å². The van der Waals surface area contributed by atoms with Gasteiger partial charge in [0.15, 0.2) is 0 Å². The highest BCUT2D eigenvalue weighted by atomic mass is 16.5. The minimum absolute atomic E-state index is 0.0106. The number of rotatable bonds is 9. The summed E-state index contributed by atoms with van der Waals surface area (Å²) in [6.45, 7) is 4.54. The lowest BCUT2D eigenvalue weighted by atomic mass is 9.74. The summed E-state index contributed by atoms with van der Waals surface area (Å²) in [6, 6.07) is 5.00. The number of esters is 1. The van der Waals surface area contributed by atoms with Crippen LogP contribution in [0.4, 0.5) is 0 Å². The topological polar surface area (TPSA) is 127 Å². The Balaban J connectivity index is 1.52. The number of nitrogens with one attached hydrogen (secondary N) is 2. The predicted molar refractivity (Wildman–Crippen MR) is 140 cm³/mol. The third-order valence-electron chi connectivity index (χ3n) is 8.74. The van der Waals surface area contributed by atoms with Gasteiger partial charge in [0, 0.05) is 18.7 Å². The Hall–Kier alpha value is -3.28. The number of nitriles is 1. The quantitative estimate of drug-likeness (QED) is 0.470. The van der Waals surface area contributed by atoms with Crippen molar-refractivity contribution in [1.29, 1.82) is 5.26 Å². The Morgan fingerprint density at radius 1 is 1.08 bits per heavy atom. The SMILES string of the molecule is CCCNC(=O)[C@H]1[C@@H]2CC[C@@H](C2)[C@H]1NC(=O)c1cc(O[C@H]2CC[C@@](C)(C(=O)OC)CC2)c(C#N)cc1OC. The van der Waals surface area contributed by atoms with Crippen molar-refractivity contribution < 1.29 is 28.6 Å². The number of benzene rings is 1. The van der Waals surface area contributed by atoms with Crippen LogP contribution in [0.15, 0.2) is 12.1 Å². The van der Waals surface area contributed by atoms with Gasteiger partial charge in [0.05, 0.1) is 42.8 Å². The van der Waals surface area contributed by atoms with Gasteiger partial charge in [0.25, 0.3) is 5.91 Å². The molecule has 0 heterocycles. The van der Waals surface area contributed by atoms with Crippen LogP contribution in [-0.4, -0.2) is 50.7 Å². The average molecular weight is 526 g/mol. The molecule has 3 aliphatic carbocycles. The lowest BCUT2D eigenvalue weighted by Crippen LogP contribution is -2.50. The van der Waals surface area contributed by atoms with Gasteiger partial charge in [-0.2, -0.15) is 5.26 Å². The van der Waals surface area contributed by atoms with Gasteiger partial charge in [-0.1, -0.05) is 6.92 Å². The molecule has 0 aliphatic heterocycles. The third kappa shape index (κ3) is 5.45. The number of hydrogen-bond donors (Lipinski definition) is 2. The summed E-state index contributed by atoms with van der Waals surface area (Å²) in [7, 11) is 2.86. The van der Waals surface area contributed by atoms with Gasteiger partial charge >= 0.3 is 5.97 Å². The molecule has 0 unspecified atom stereocenters. The van der Waals surface area contributed by atoms with E-state index in [-0.39, 0.29) is 64.6 Å². The Labute approximate surface area is 224 Å². The number of amides is 2. The van der Waals surface area contributed by atoms with E-state index in [0.717, 1.165) is 25.7 Å². The largest absolute Gasteiger partial charge is 0.496 e. The van der Waals surface area contributed by atoms with Gasteiger partial charge in [0.2, 0.25) is 5.91 Å². The normalized spacial score (nSPS) is 29.7. The molecule has 0 radical (unpaired) electrons. The maximum absolute atomic E-state index is 13.6. The van der Waals surface area contributed by atoms with Crippen LogP contribution < -0.4 is 20.1 Å². The van der Waals surface area contributed by atoms with Gasteiger partial charge in [-0.15, -0.1) is 0 Å². The van der Waals surface area contributed by atoms with Crippen LogP contribution in [-0.2, 0) is 14.3 Å². The molecule has 3 saturated carbocycles. The first-order valence-corrected chi connectivity index (χ1v) is 13.7. The zero-order valence-electron chi connectivity index (χ0n) is 22.8. The van der Waals surface area contributed by atoms with Crippen LogP contribution in [0.2, 0.25) is 0 Å². The van der Waals surface area contributed by atoms with E-state index >= 15 is 0 Å². The van der Waals surface area contributed by atoms with E-state index in [4.69, 9.17) is 14.2 Å². The van der Waals surface area contributed by atoms with Crippen molar-refractivity contribution in [3.63, 3.8) is 0 Å². The van der Waals surface area contributed by atoms with Gasteiger partial charge in [-0.25, -0.2) is 0 Å². The molecule has 1 aromatic carbocycles. The molecule has 3 aliphatic rings. The molecule has 38 heavy (non-hydrogen) atoms. The number of fused-ring (bicyclic) bond motifs is 2. The number of ether oxygens (including phenoxy) is 3. The van der Waals surface area contributed by atoms with Crippen molar-refractivity contribution in [2.45, 2.75) is 77.4 Å². The summed E-state index contributed by atoms with van der Waals surface area (Å²) in [6.07, 6.45) is 6.10. The van der Waals surface area contributed by atoms with Crippen molar-refractivity contribution >= 4 is 17.8 Å². The maximum Gasteiger partial charge on any atom is 0.311 e. The monoisotopic (exact) mass is 525 g/mol. The minimum atomic E-state index is -0.543. The number of hydrogen-bond acceptors (Lipinski definition) is 7. The second-order valence-corrected chi connectivity index (χ2v) is 11.2. The Morgan fingerprint density at radius 2 is 1.79 bits per heavy atom. The zero-order chi connectivity index (χ0) is 27.4. The standard InChI is InChI=1S/C29H39N3O6/c1-5-12-31-27(34)24-17-6-7-18(13-17)25(24)32-26(33)21-15-22(19(16-30)14-23(21)36-3)38-20-8-10-29(2,11-9-20)28(35)37-4/h14-15,17-18,20,24-25H,5-13H2,1-4H3,(H,31,34)(H,32,33)/t17-,18+,20-,24+,25-,29+/m1/s1. The lowest BCUT2D eigenvalue weighted by molar-refractivity contribution is -0.154. The molecule has 1 aromatic rings. The first-order chi connectivity index (χ1) is 18.2. The zero-order valence-corrected chi connectivity index (χ0v) is 22.8. The minimum Gasteiger partial charge on any atom is -0.496 e. The highest BCUT2D eigenvalue weighted by molar-refractivity contribution is 5.98. The molecule has 0 aromatic heterocycles. The van der Waals surface area contributed by atoms with Crippen molar-refractivity contribution in [1.82, 2.24) is 10.6 Å². The average Bonchev–Trinajstić information content (AvgIpc) is 3.54. The van der Waals surface area contributed by atoms with Gasteiger partial charge in [-0.05, 0) is 76.2 Å². The van der Waals surface area contributed by atoms with Crippen LogP contribution in [0.1, 0.15) is 81.1 Å². The van der Waals surface area contributed by atoms with E-state index in [1.165, 1.54) is 20.3 Å². The fourth-order valence-corrected chi connectivity index (χ4v) is 6.54. The molecule has 206 valence electrons. The third-order valence-corrected chi connectivity index (χ3v) is 8.74. The molecule has 3 fully saturated rings. The Bertz CT molecular complexity index is 1100. The molecule has 4 atom stereocenters. The smallest absolute Gasteiger partial charge is 0.311 e. The number of nitrogens with zero attached hydrogens (tertiary/aromatic N) is 1. The van der Waals surface area contributed by atoms with E-state index in [0.29, 0.717) is 38.0 Å². The first kappa shape index (κ1) is 27.7. The molecule has 2 N–H and O–H groups in total. The Morgan fingerprint density at radius 3 is 2.42 bits per heavy atom. The summed E-state index contributed by atoms with van der Waals surface area (Å²) in [4.78, 5) is 38.7. The Kier molecular flexibility index (Phi) is 8.49. The molecular formula is C29H39N3O6. The summed E-state index contributed by atoms with van der Waals surface area (Å²) < 4.78 is 16.7. The molecule has 2 amide bonds. The maximum atomic E-state index is 13.6. The highest BCUT2D eigenvalue weighted by Crippen LogP contribution is 2.49. The molecule has 2 bridgehead atoms. The molecule has 0 spiro atoms. The van der Waals surface area contributed by atoms with Crippen molar-refractivity contribution in [3.8, 4) is 17.6 Å². The van der Waals surface area contributed by atoms with Crippen LogP contribution in [0.5, 0.6) is 11.5 Å². The highest BCUT2D eigenvalue weighted by Gasteiger charge is 2.51. The van der Waals surface area contributed by atoms with Crippen molar-refractivity contribution in [2.75, 3.05) is 20.8 Å². The van der Waals surface area contributed by atoms with E-state index in [1.54, 1.807) is 6.07 Å². The van der Waals surface area contributed by atoms with Crippen LogP contribution >= 0.6 is 0 Å². The fourth-order valence-electron chi connectivity index (χ4n) is 6.54. The second kappa shape index (κ2) is 11.6. The van der Waals surface area contributed by atoms with Crippen molar-refractivity contribution in [3.05, 3.63) is 23.3 Å². The molecule has 0 saturated heterocycles. The van der Waals surface area contributed by atoms with E-state index in [2.05, 4.69) is 16.7 Å². The summed E-state index contributed by atoms with van der Waals surface area (Å²) >= 11 is 0. The van der Waals surface area contributed by atoms with Gasteiger partial charge < -0.3 is 24.8 Å². The molecule has 9 heteroatoms. The summed E-state index contributed by atoms with van der Waals surface area (Å²) in [5, 5.41) is 15.9. The van der Waals surface area contributed by atoms with Gasteiger partial charge in [0.1, 0.15) is 17.6 Å². The first-order valence-electron chi connectivity index (χ1n) is 13.7. The fraction of sp³-hybridized carbons (Fsp3) is 0.655. The molecular weight excluding hydrogens is 486 g/mol. The molecule has 4 rings (SSSR count). The van der Waals surface area contributed by atoms with E-state index in [9.17, 15) is 19.6 Å². The van der Waals surface area contributed by atoms with Crippen molar-refractivity contribution in [2.24, 2.45) is 23.2 Å². The second-order valence-electron chi connectivity index (χ2n) is 11.2. The molecule has 9 nitrogen and oxygen atoms in total. The van der Waals surface area contributed by atoms with Crippen LogP contribution in [0, 0.1) is 34.5 Å². The number of carbonyl (C=O) groups excluding carboxylic acids is 3. The van der Waals surface area contributed by atoms with E-state index in [1.807, 2.05) is 13.8 Å².